The van der Waals surface area contributed by atoms with E-state index >= 15 is 0 Å². The van der Waals surface area contributed by atoms with Gasteiger partial charge in [-0.25, -0.2) is 0 Å². The summed E-state index contributed by atoms with van der Waals surface area (Å²) in [5.74, 6) is 5.67. The first kappa shape index (κ1) is 14.5. The van der Waals surface area contributed by atoms with Gasteiger partial charge in [0.1, 0.15) is 0 Å². The van der Waals surface area contributed by atoms with E-state index < -0.39 is 0 Å². The van der Waals surface area contributed by atoms with Crippen molar-refractivity contribution in [3.05, 3.63) is 62.8 Å². The lowest BCUT2D eigenvalue weighted by Gasteiger charge is -2.17. The number of pyridine rings is 1. The fourth-order valence-corrected chi connectivity index (χ4v) is 2.75. The second kappa shape index (κ2) is 6.48. The largest absolute Gasteiger partial charge is 0.271 e. The molecule has 1 unspecified atom stereocenters. The smallest absolute Gasteiger partial charge is 0.0501 e. The van der Waals surface area contributed by atoms with Crippen molar-refractivity contribution in [1.29, 1.82) is 0 Å². The van der Waals surface area contributed by atoms with E-state index in [0.29, 0.717) is 0 Å². The lowest BCUT2D eigenvalue weighted by Crippen LogP contribution is -2.29. The monoisotopic (exact) mass is 339 g/mol. The summed E-state index contributed by atoms with van der Waals surface area (Å²) in [5.41, 5.74) is 6.14. The van der Waals surface area contributed by atoms with Crippen molar-refractivity contribution in [3.63, 3.8) is 0 Å². The molecule has 0 saturated heterocycles. The van der Waals surface area contributed by atoms with E-state index in [1.165, 1.54) is 0 Å². The van der Waals surface area contributed by atoms with E-state index in [4.69, 9.17) is 17.4 Å². The first-order chi connectivity index (χ1) is 9.08. The first-order valence-electron chi connectivity index (χ1n) is 5.91. The summed E-state index contributed by atoms with van der Waals surface area (Å²) in [7, 11) is 0. The van der Waals surface area contributed by atoms with Gasteiger partial charge in [0.05, 0.1) is 6.04 Å². The fraction of sp³-hybridized carbons (Fsp3) is 0.214. The molecule has 3 N–H and O–H groups in total. The number of nitrogens with two attached hydrogens (primary N) is 1. The van der Waals surface area contributed by atoms with Gasteiger partial charge in [0.25, 0.3) is 0 Å². The number of nitrogens with zero attached hydrogens (tertiary/aromatic N) is 1. The number of benzene rings is 1. The average Bonchev–Trinajstić information content (AvgIpc) is 2.34. The van der Waals surface area contributed by atoms with E-state index in [1.54, 1.807) is 6.20 Å². The molecule has 5 heteroatoms. The molecule has 1 aromatic carbocycles. The lowest BCUT2D eigenvalue weighted by atomic mass is 9.99. The van der Waals surface area contributed by atoms with Crippen molar-refractivity contribution < 1.29 is 0 Å². The van der Waals surface area contributed by atoms with Crippen molar-refractivity contribution in [1.82, 2.24) is 10.4 Å². The highest BCUT2D eigenvalue weighted by atomic mass is 79.9. The maximum Gasteiger partial charge on any atom is 0.0501 e. The molecule has 0 fully saturated rings. The maximum absolute atomic E-state index is 6.09. The van der Waals surface area contributed by atoms with Gasteiger partial charge in [-0.1, -0.05) is 17.7 Å². The molecule has 0 bridgehead atoms. The number of hydrogen-bond donors (Lipinski definition) is 2. The zero-order valence-electron chi connectivity index (χ0n) is 10.5. The second-order valence-electron chi connectivity index (χ2n) is 4.50. The molecule has 1 atom stereocenters. The van der Waals surface area contributed by atoms with Crippen molar-refractivity contribution in [3.8, 4) is 0 Å². The molecular formula is C14H15BrClN3. The topological polar surface area (TPSA) is 50.9 Å². The zero-order valence-corrected chi connectivity index (χ0v) is 12.9. The molecule has 0 amide bonds. The number of nitrogens with one attached hydrogen (secondary N) is 1. The molecule has 0 spiro atoms. The number of aromatic nitrogens is 1. The Balaban J connectivity index is 2.24. The quantitative estimate of drug-likeness (QED) is 0.661. The molecule has 0 aliphatic carbocycles. The zero-order chi connectivity index (χ0) is 13.8. The summed E-state index contributed by atoms with van der Waals surface area (Å²) in [5, 5.41) is 0.725. The Morgan fingerprint density at radius 3 is 2.74 bits per heavy atom. The second-order valence-corrected chi connectivity index (χ2v) is 5.85. The fourth-order valence-electron chi connectivity index (χ4n) is 2.04. The molecule has 2 rings (SSSR count). The number of hydrazine groups is 1. The van der Waals surface area contributed by atoms with Gasteiger partial charge in [0, 0.05) is 21.9 Å². The maximum atomic E-state index is 6.09. The summed E-state index contributed by atoms with van der Waals surface area (Å²) in [6.45, 7) is 2.02. The summed E-state index contributed by atoms with van der Waals surface area (Å²) >= 11 is 9.51. The summed E-state index contributed by atoms with van der Waals surface area (Å²) in [6, 6.07) is 7.99. The molecule has 0 aliphatic heterocycles. The van der Waals surface area contributed by atoms with E-state index in [1.807, 2.05) is 31.3 Å². The third kappa shape index (κ3) is 4.01. The molecule has 0 saturated carbocycles. The molecule has 100 valence electrons. The molecule has 3 nitrogen and oxygen atoms in total. The van der Waals surface area contributed by atoms with Crippen LogP contribution in [0.3, 0.4) is 0 Å². The minimum atomic E-state index is 0.00787. The third-order valence-corrected chi connectivity index (χ3v) is 3.52. The lowest BCUT2D eigenvalue weighted by molar-refractivity contribution is 0.551. The van der Waals surface area contributed by atoms with Crippen LogP contribution in [0.5, 0.6) is 0 Å². The predicted octanol–water partition coefficient (Wildman–Crippen LogP) is 3.55. The Kier molecular flexibility index (Phi) is 4.93. The third-order valence-electron chi connectivity index (χ3n) is 2.87. The Labute approximate surface area is 126 Å². The molecule has 0 aliphatic rings. The van der Waals surface area contributed by atoms with Crippen molar-refractivity contribution in [2.75, 3.05) is 0 Å². The first-order valence-corrected chi connectivity index (χ1v) is 7.08. The minimum absolute atomic E-state index is 0.00787. The summed E-state index contributed by atoms with van der Waals surface area (Å²) < 4.78 is 0.961. The van der Waals surface area contributed by atoms with Crippen LogP contribution < -0.4 is 11.3 Å². The van der Waals surface area contributed by atoms with Gasteiger partial charge in [-0.3, -0.25) is 16.3 Å². The number of hydrogen-bond acceptors (Lipinski definition) is 3. The predicted molar refractivity (Wildman–Crippen MR) is 81.9 cm³/mol. The van der Waals surface area contributed by atoms with E-state index in [9.17, 15) is 0 Å². The van der Waals surface area contributed by atoms with Crippen LogP contribution >= 0.6 is 27.5 Å². The van der Waals surface area contributed by atoms with Crippen LogP contribution in [-0.4, -0.2) is 4.98 Å². The van der Waals surface area contributed by atoms with Gasteiger partial charge >= 0.3 is 0 Å². The molecule has 1 heterocycles. The Morgan fingerprint density at radius 2 is 2.11 bits per heavy atom. The number of rotatable bonds is 4. The Morgan fingerprint density at radius 1 is 1.32 bits per heavy atom. The number of halogens is 2. The van der Waals surface area contributed by atoms with Gasteiger partial charge < -0.3 is 0 Å². The minimum Gasteiger partial charge on any atom is -0.271 e. The Hall–Kier alpha value is -0.940. The van der Waals surface area contributed by atoms with Gasteiger partial charge in [-0.2, -0.15) is 0 Å². The van der Waals surface area contributed by atoms with Gasteiger partial charge in [-0.15, -0.1) is 0 Å². The van der Waals surface area contributed by atoms with E-state index in [-0.39, 0.29) is 6.04 Å². The number of aryl methyl sites for hydroxylation is 1. The average molecular weight is 341 g/mol. The van der Waals surface area contributed by atoms with Crippen molar-refractivity contribution >= 4 is 27.5 Å². The van der Waals surface area contributed by atoms with Crippen molar-refractivity contribution in [2.45, 2.75) is 19.4 Å². The van der Waals surface area contributed by atoms with Gasteiger partial charge in [0.2, 0.25) is 0 Å². The standard InChI is InChI=1S/C14H15BrClN3/c1-9-2-11(6-13(16)3-9)14(19-17)5-10-4-12(15)8-18-7-10/h2-4,6-8,14,19H,5,17H2,1H3. The van der Waals surface area contributed by atoms with Crippen LogP contribution in [0.4, 0.5) is 0 Å². The van der Waals surface area contributed by atoms with Crippen LogP contribution in [0.1, 0.15) is 22.7 Å². The molecule has 0 radical (unpaired) electrons. The SMILES string of the molecule is Cc1cc(Cl)cc(C(Cc2cncc(Br)c2)NN)c1. The van der Waals surface area contributed by atoms with Gasteiger partial charge in [-0.05, 0) is 64.2 Å². The normalized spacial score (nSPS) is 12.4. The highest BCUT2D eigenvalue weighted by molar-refractivity contribution is 9.10. The van der Waals surface area contributed by atoms with E-state index in [0.717, 1.165) is 32.6 Å². The molecule has 2 aromatic rings. The van der Waals surface area contributed by atoms with E-state index in [2.05, 4.69) is 32.4 Å². The van der Waals surface area contributed by atoms with Crippen molar-refractivity contribution in [2.24, 2.45) is 5.84 Å². The van der Waals surface area contributed by atoms with Gasteiger partial charge in [0.15, 0.2) is 0 Å². The highest BCUT2D eigenvalue weighted by Gasteiger charge is 2.12. The van der Waals surface area contributed by atoms with Crippen LogP contribution in [0.15, 0.2) is 41.1 Å². The summed E-state index contributed by atoms with van der Waals surface area (Å²) in [4.78, 5) is 4.16. The summed E-state index contributed by atoms with van der Waals surface area (Å²) in [6.07, 6.45) is 4.35. The highest BCUT2D eigenvalue weighted by Crippen LogP contribution is 2.23. The molecular weight excluding hydrogens is 326 g/mol. The molecule has 1 aromatic heterocycles. The van der Waals surface area contributed by atoms with Crippen LogP contribution in [0.25, 0.3) is 0 Å². The van der Waals surface area contributed by atoms with Crippen LogP contribution in [-0.2, 0) is 6.42 Å². The molecule has 19 heavy (non-hydrogen) atoms. The van der Waals surface area contributed by atoms with Crippen LogP contribution in [0, 0.1) is 6.92 Å². The van der Waals surface area contributed by atoms with Crippen LogP contribution in [0.2, 0.25) is 5.02 Å². The Bertz CT molecular complexity index is 554.